The number of halogens is 3. The van der Waals surface area contributed by atoms with Crippen LogP contribution in [-0.4, -0.2) is 64.0 Å². The highest BCUT2D eigenvalue weighted by Gasteiger charge is 2.32. The van der Waals surface area contributed by atoms with Gasteiger partial charge in [-0.3, -0.25) is 4.90 Å². The average molecular weight is 453 g/mol. The molecule has 1 aromatic heterocycles. The first-order valence-electron chi connectivity index (χ1n) is 11.5. The third-order valence-electron chi connectivity index (χ3n) is 6.38. The highest BCUT2D eigenvalue weighted by molar-refractivity contribution is 5.49. The summed E-state index contributed by atoms with van der Waals surface area (Å²) in [5.41, 5.74) is 0.0133. The number of rotatable bonds is 8. The number of hydrogen-bond donors (Lipinski definition) is 0. The summed E-state index contributed by atoms with van der Waals surface area (Å²) >= 11 is 0. The van der Waals surface area contributed by atoms with Gasteiger partial charge in [0.15, 0.2) is 5.82 Å². The van der Waals surface area contributed by atoms with Gasteiger partial charge in [-0.2, -0.15) is 13.2 Å². The molecule has 2 fully saturated rings. The van der Waals surface area contributed by atoms with Crippen LogP contribution in [0.15, 0.2) is 24.3 Å². The maximum atomic E-state index is 13.1. The average Bonchev–Trinajstić information content (AvgIpc) is 3.47. The maximum absolute atomic E-state index is 13.1. The molecule has 32 heavy (non-hydrogen) atoms. The van der Waals surface area contributed by atoms with E-state index in [1.807, 2.05) is 9.58 Å². The zero-order valence-electron chi connectivity index (χ0n) is 18.5. The minimum Gasteiger partial charge on any atom is -0.376 e. The number of nitrogens with zero attached hydrogens (tertiary/aromatic N) is 6. The summed E-state index contributed by atoms with van der Waals surface area (Å²) in [4.78, 5) is 4.40. The maximum Gasteiger partial charge on any atom is 0.416 e. The Morgan fingerprint density at radius 3 is 2.69 bits per heavy atom. The second-order valence-corrected chi connectivity index (χ2v) is 8.58. The number of piperazine rings is 1. The second kappa shape index (κ2) is 10.2. The van der Waals surface area contributed by atoms with E-state index in [4.69, 9.17) is 4.74 Å². The fourth-order valence-corrected chi connectivity index (χ4v) is 4.60. The molecule has 0 aliphatic carbocycles. The lowest BCUT2D eigenvalue weighted by molar-refractivity contribution is -0.137. The molecule has 2 atom stereocenters. The van der Waals surface area contributed by atoms with E-state index in [-0.39, 0.29) is 12.1 Å². The van der Waals surface area contributed by atoms with E-state index in [0.29, 0.717) is 25.3 Å². The van der Waals surface area contributed by atoms with Gasteiger partial charge >= 0.3 is 6.18 Å². The van der Waals surface area contributed by atoms with Crippen molar-refractivity contribution in [1.82, 2.24) is 25.1 Å². The summed E-state index contributed by atoms with van der Waals surface area (Å²) in [7, 11) is 0. The van der Waals surface area contributed by atoms with Crippen LogP contribution in [0.3, 0.4) is 0 Å². The molecule has 0 radical (unpaired) electrons. The number of unbranched alkanes of at least 4 members (excludes halogenated alkanes) is 1. The fraction of sp³-hybridized carbons (Fsp3) is 0.682. The molecule has 4 rings (SSSR count). The van der Waals surface area contributed by atoms with Crippen molar-refractivity contribution in [2.45, 2.75) is 63.9 Å². The van der Waals surface area contributed by atoms with Crippen LogP contribution in [0.5, 0.6) is 0 Å². The minimum absolute atomic E-state index is 0.0926. The summed E-state index contributed by atoms with van der Waals surface area (Å²) in [5, 5.41) is 12.5. The monoisotopic (exact) mass is 452 g/mol. The van der Waals surface area contributed by atoms with E-state index >= 15 is 0 Å². The van der Waals surface area contributed by atoms with Gasteiger partial charge in [-0.1, -0.05) is 25.8 Å². The first-order chi connectivity index (χ1) is 15.5. The smallest absolute Gasteiger partial charge is 0.376 e. The van der Waals surface area contributed by atoms with Crippen LogP contribution >= 0.6 is 0 Å². The van der Waals surface area contributed by atoms with Gasteiger partial charge < -0.3 is 9.64 Å². The molecule has 0 N–H and O–H groups in total. The van der Waals surface area contributed by atoms with Gasteiger partial charge in [0, 0.05) is 38.5 Å². The first kappa shape index (κ1) is 23.0. The lowest BCUT2D eigenvalue weighted by Crippen LogP contribution is -2.48. The Hall–Kier alpha value is -2.20. The van der Waals surface area contributed by atoms with Gasteiger partial charge in [0.25, 0.3) is 0 Å². The molecule has 0 unspecified atom stereocenters. The zero-order chi connectivity index (χ0) is 22.6. The van der Waals surface area contributed by atoms with Crippen LogP contribution in [0.25, 0.3) is 0 Å². The van der Waals surface area contributed by atoms with Gasteiger partial charge in [-0.05, 0) is 47.9 Å². The number of anilines is 1. The molecule has 2 aliphatic rings. The van der Waals surface area contributed by atoms with E-state index in [1.54, 1.807) is 6.07 Å². The van der Waals surface area contributed by atoms with Gasteiger partial charge in [0.2, 0.25) is 0 Å². The molecule has 0 amide bonds. The predicted molar refractivity (Wildman–Crippen MR) is 114 cm³/mol. The van der Waals surface area contributed by atoms with E-state index in [2.05, 4.69) is 27.3 Å². The van der Waals surface area contributed by atoms with Crippen LogP contribution in [0.1, 0.15) is 56.5 Å². The van der Waals surface area contributed by atoms with Crippen LogP contribution in [0.4, 0.5) is 18.9 Å². The molecular formula is C22H31F3N6O. The van der Waals surface area contributed by atoms with Crippen molar-refractivity contribution < 1.29 is 17.9 Å². The molecule has 0 saturated carbocycles. The lowest BCUT2D eigenvalue weighted by atomic mass is 10.1. The minimum atomic E-state index is -4.33. The first-order valence-corrected chi connectivity index (χ1v) is 11.5. The molecule has 0 spiro atoms. The van der Waals surface area contributed by atoms with Crippen molar-refractivity contribution in [2.75, 3.05) is 37.7 Å². The summed E-state index contributed by atoms with van der Waals surface area (Å²) in [6, 6.07) is 5.69. The number of aromatic nitrogens is 4. The summed E-state index contributed by atoms with van der Waals surface area (Å²) in [6.07, 6.45) is 1.00. The topological polar surface area (TPSA) is 59.3 Å². The summed E-state index contributed by atoms with van der Waals surface area (Å²) in [5.74, 6) is 0.862. The van der Waals surface area contributed by atoms with Crippen molar-refractivity contribution in [2.24, 2.45) is 0 Å². The molecule has 2 saturated heterocycles. The Labute approximate surface area is 186 Å². The van der Waals surface area contributed by atoms with Crippen molar-refractivity contribution in [3.8, 4) is 0 Å². The second-order valence-electron chi connectivity index (χ2n) is 8.58. The van der Waals surface area contributed by atoms with Crippen LogP contribution in [0, 0.1) is 0 Å². The zero-order valence-corrected chi connectivity index (χ0v) is 18.5. The van der Waals surface area contributed by atoms with Gasteiger partial charge in [-0.25, -0.2) is 4.68 Å². The number of ether oxygens (including phenoxy) is 1. The normalized spacial score (nSPS) is 21.2. The van der Waals surface area contributed by atoms with Crippen molar-refractivity contribution in [3.05, 3.63) is 35.7 Å². The molecule has 3 heterocycles. The van der Waals surface area contributed by atoms with E-state index in [1.165, 1.54) is 12.1 Å². The van der Waals surface area contributed by atoms with Gasteiger partial charge in [0.05, 0.1) is 24.3 Å². The molecular weight excluding hydrogens is 421 g/mol. The standard InChI is InChI=1S/C22H31F3N6O/c1-2-3-9-20(21-26-27-28-31(21)16-19-8-5-14-32-19)30-12-10-29(11-13-30)18-7-4-6-17(15-18)22(23,24)25/h4,6-7,15,19-20H,2-3,5,8-14,16H2,1H3/t19-,20-/m1/s1. The Kier molecular flexibility index (Phi) is 7.30. The third kappa shape index (κ3) is 5.40. The lowest BCUT2D eigenvalue weighted by Gasteiger charge is -2.40. The van der Waals surface area contributed by atoms with E-state index in [0.717, 1.165) is 63.7 Å². The SMILES string of the molecule is CCCC[C@H](c1nnnn1C[C@H]1CCCO1)N1CCN(c2cccc(C(F)(F)F)c2)CC1. The Bertz CT molecular complexity index is 859. The highest BCUT2D eigenvalue weighted by Crippen LogP contribution is 2.33. The molecule has 0 bridgehead atoms. The van der Waals surface area contributed by atoms with Crippen LogP contribution < -0.4 is 4.90 Å². The van der Waals surface area contributed by atoms with Gasteiger partial charge in [0.1, 0.15) is 0 Å². The number of benzene rings is 1. The molecule has 7 nitrogen and oxygen atoms in total. The van der Waals surface area contributed by atoms with Gasteiger partial charge in [-0.15, -0.1) is 5.10 Å². The van der Waals surface area contributed by atoms with Crippen molar-refractivity contribution in [1.29, 1.82) is 0 Å². The summed E-state index contributed by atoms with van der Waals surface area (Å²) < 4.78 is 47.0. The summed E-state index contributed by atoms with van der Waals surface area (Å²) in [6.45, 7) is 6.44. The van der Waals surface area contributed by atoms with E-state index < -0.39 is 11.7 Å². The van der Waals surface area contributed by atoms with Crippen molar-refractivity contribution >= 4 is 5.69 Å². The predicted octanol–water partition coefficient (Wildman–Crippen LogP) is 3.92. The molecule has 2 aliphatic heterocycles. The van der Waals surface area contributed by atoms with Crippen LogP contribution in [0.2, 0.25) is 0 Å². The highest BCUT2D eigenvalue weighted by atomic mass is 19.4. The molecule has 10 heteroatoms. The Balaban J connectivity index is 1.45. The Morgan fingerprint density at radius 1 is 1.19 bits per heavy atom. The molecule has 2 aromatic rings. The Morgan fingerprint density at radius 2 is 2.00 bits per heavy atom. The number of tetrazole rings is 1. The molecule has 176 valence electrons. The largest absolute Gasteiger partial charge is 0.416 e. The number of alkyl halides is 3. The third-order valence-corrected chi connectivity index (χ3v) is 6.38. The quantitative estimate of drug-likeness (QED) is 0.605. The van der Waals surface area contributed by atoms with E-state index in [9.17, 15) is 13.2 Å². The van der Waals surface area contributed by atoms with Crippen molar-refractivity contribution in [3.63, 3.8) is 0 Å². The fourth-order valence-electron chi connectivity index (χ4n) is 4.60. The molecule has 1 aromatic carbocycles. The van der Waals surface area contributed by atoms with Crippen LogP contribution in [-0.2, 0) is 17.5 Å². The number of hydrogen-bond acceptors (Lipinski definition) is 6.